The van der Waals surface area contributed by atoms with Gasteiger partial charge in [0.15, 0.2) is 11.5 Å². The van der Waals surface area contributed by atoms with Gasteiger partial charge in [0, 0.05) is 22.3 Å². The fourth-order valence-electron chi connectivity index (χ4n) is 4.74. The molecule has 1 heterocycles. The van der Waals surface area contributed by atoms with Crippen LogP contribution < -0.4 is 25.5 Å². The molecule has 0 spiro atoms. The maximum absolute atomic E-state index is 11.2. The van der Waals surface area contributed by atoms with Crippen LogP contribution in [0.4, 0.5) is 0 Å². The molecule has 0 aromatic heterocycles. The summed E-state index contributed by atoms with van der Waals surface area (Å²) in [5.74, 6) is 1.17. The third-order valence-corrected chi connectivity index (χ3v) is 8.07. The first-order valence-electron chi connectivity index (χ1n) is 13.9. The Bertz CT molecular complexity index is 1350. The van der Waals surface area contributed by atoms with Crippen LogP contribution in [0.1, 0.15) is 56.1 Å². The van der Waals surface area contributed by atoms with Crippen LogP contribution in [0.5, 0.6) is 17.2 Å². The van der Waals surface area contributed by atoms with Crippen LogP contribution in [0.3, 0.4) is 0 Å². The number of hydrogen-bond donors (Lipinski definition) is 2. The average Bonchev–Trinajstić information content (AvgIpc) is 3.42. The monoisotopic (exact) mass is 615 g/mol. The number of quaternary nitrogens is 1. The van der Waals surface area contributed by atoms with Crippen LogP contribution in [0, 0.1) is 0 Å². The van der Waals surface area contributed by atoms with Gasteiger partial charge in [-0.3, -0.25) is 4.79 Å². The minimum absolute atomic E-state index is 0. The summed E-state index contributed by atoms with van der Waals surface area (Å²) in [7, 11) is 0. The number of hydrogen-bond acceptors (Lipinski definition) is 7. The normalized spacial score (nSPS) is 11.6. The Balaban J connectivity index is 0.00000484. The molecule has 1 aliphatic heterocycles. The first-order valence-corrected chi connectivity index (χ1v) is 15.2. The van der Waals surface area contributed by atoms with E-state index in [2.05, 4.69) is 6.07 Å². The number of fused-ring (bicyclic) bond motifs is 1. The molecular weight excluding hydrogens is 578 g/mol. The number of benzene rings is 3. The Labute approximate surface area is 255 Å². The third-order valence-electron chi connectivity index (χ3n) is 6.79. The zero-order valence-electron chi connectivity index (χ0n) is 23.9. The zero-order valence-corrected chi connectivity index (χ0v) is 25.4. The highest BCUT2D eigenvalue weighted by Crippen LogP contribution is 2.38. The summed E-state index contributed by atoms with van der Waals surface area (Å²) < 4.78 is 16.7. The van der Waals surface area contributed by atoms with Crippen molar-refractivity contribution < 1.29 is 34.0 Å². The number of aryl methyl sites for hydroxylation is 1. The molecule has 3 aromatic carbocycles. The lowest BCUT2D eigenvalue weighted by Gasteiger charge is -2.16. The second kappa shape index (κ2) is 16.9. The highest BCUT2D eigenvalue weighted by Gasteiger charge is 2.15. The van der Waals surface area contributed by atoms with E-state index in [-0.39, 0.29) is 32.4 Å². The Morgan fingerprint density at radius 2 is 1.71 bits per heavy atom. The molecule has 5 N–H and O–H groups in total. The van der Waals surface area contributed by atoms with E-state index in [0.717, 1.165) is 76.5 Å². The van der Waals surface area contributed by atoms with E-state index in [4.69, 9.17) is 25.8 Å². The van der Waals surface area contributed by atoms with Crippen LogP contribution in [-0.4, -0.2) is 36.2 Å². The zero-order chi connectivity index (χ0) is 29.0. The van der Waals surface area contributed by atoms with Crippen LogP contribution in [-0.2, 0) is 22.4 Å². The Morgan fingerprint density at radius 1 is 0.905 bits per heavy atom. The number of ether oxygens (including phenoxy) is 3. The van der Waals surface area contributed by atoms with E-state index in [1.165, 1.54) is 0 Å². The van der Waals surface area contributed by atoms with Gasteiger partial charge in [-0.1, -0.05) is 42.6 Å². The van der Waals surface area contributed by atoms with Crippen molar-refractivity contribution in [1.29, 1.82) is 0 Å². The van der Waals surface area contributed by atoms with Crippen molar-refractivity contribution in [2.75, 3.05) is 19.2 Å². The molecule has 4 rings (SSSR count). The lowest BCUT2D eigenvalue weighted by atomic mass is 9.97. The highest BCUT2D eigenvalue weighted by molar-refractivity contribution is 7.99. The number of rotatable bonds is 17. The fourth-order valence-corrected chi connectivity index (χ4v) is 6.05. The minimum atomic E-state index is -1.11. The number of thioether (sulfide) groups is 1. The molecule has 0 bridgehead atoms. The quantitative estimate of drug-likeness (QED) is 0.123. The van der Waals surface area contributed by atoms with Gasteiger partial charge in [0.2, 0.25) is 6.79 Å². The average molecular weight is 616 g/mol. The van der Waals surface area contributed by atoms with Gasteiger partial charge in [-0.15, -0.1) is 11.8 Å². The first-order chi connectivity index (χ1) is 19.9. The molecule has 0 atom stereocenters. The SMILES string of the molecule is O=C([O-])CCCOc1cccc(CCCCCCSc2cc(Cl)cc(-c3ccc4c(c3)OCO4)c2)c1CCC(=O)O.[NH4+]. The Hall–Kier alpha value is -3.40. The van der Waals surface area contributed by atoms with Crippen molar-refractivity contribution in [1.82, 2.24) is 6.15 Å². The summed E-state index contributed by atoms with van der Waals surface area (Å²) in [5.41, 5.74) is 4.07. The smallest absolute Gasteiger partial charge is 0.303 e. The number of unbranched alkanes of at least 4 members (excludes halogenated alkanes) is 3. The number of carboxylic acid groups (broad SMARTS) is 2. The molecule has 226 valence electrons. The molecule has 0 amide bonds. The molecule has 1 aliphatic rings. The second-order valence-electron chi connectivity index (χ2n) is 9.87. The molecule has 0 unspecified atom stereocenters. The van der Waals surface area contributed by atoms with Gasteiger partial charge in [-0.25, -0.2) is 0 Å². The number of carbonyl (C=O) groups is 2. The van der Waals surface area contributed by atoms with Crippen molar-refractivity contribution in [2.24, 2.45) is 0 Å². The molecule has 8 nitrogen and oxygen atoms in total. The minimum Gasteiger partial charge on any atom is -0.550 e. The van der Waals surface area contributed by atoms with Gasteiger partial charge in [0.25, 0.3) is 0 Å². The summed E-state index contributed by atoms with van der Waals surface area (Å²) in [4.78, 5) is 23.0. The van der Waals surface area contributed by atoms with Crippen molar-refractivity contribution in [3.05, 3.63) is 70.7 Å². The summed E-state index contributed by atoms with van der Waals surface area (Å²) in [6, 6.07) is 17.8. The van der Waals surface area contributed by atoms with Gasteiger partial charge in [-0.2, -0.15) is 0 Å². The largest absolute Gasteiger partial charge is 0.550 e. The number of carbonyl (C=O) groups excluding carboxylic acids is 1. The fraction of sp³-hybridized carbons (Fsp3) is 0.375. The van der Waals surface area contributed by atoms with E-state index in [1.54, 1.807) is 11.8 Å². The molecule has 0 saturated heterocycles. The lowest BCUT2D eigenvalue weighted by molar-refractivity contribution is -0.305. The molecule has 42 heavy (non-hydrogen) atoms. The van der Waals surface area contributed by atoms with Crippen molar-refractivity contribution in [2.45, 2.75) is 62.7 Å². The predicted octanol–water partition coefficient (Wildman–Crippen LogP) is 6.93. The Kier molecular flexibility index (Phi) is 13.3. The van der Waals surface area contributed by atoms with Crippen molar-refractivity contribution in [3.8, 4) is 28.4 Å². The van der Waals surface area contributed by atoms with Crippen molar-refractivity contribution >= 4 is 35.3 Å². The van der Waals surface area contributed by atoms with E-state index in [1.807, 2.05) is 48.5 Å². The summed E-state index contributed by atoms with van der Waals surface area (Å²) in [6.45, 7) is 0.497. The third kappa shape index (κ3) is 10.2. The summed E-state index contributed by atoms with van der Waals surface area (Å²) >= 11 is 8.23. The predicted molar refractivity (Wildman–Crippen MR) is 164 cm³/mol. The summed E-state index contributed by atoms with van der Waals surface area (Å²) in [6.07, 6.45) is 5.73. The van der Waals surface area contributed by atoms with Crippen LogP contribution in [0.15, 0.2) is 59.5 Å². The van der Waals surface area contributed by atoms with Crippen LogP contribution in [0.25, 0.3) is 11.1 Å². The molecule has 0 saturated carbocycles. The second-order valence-corrected chi connectivity index (χ2v) is 11.5. The number of aliphatic carboxylic acids is 2. The first kappa shape index (κ1) is 33.1. The maximum atomic E-state index is 11.2. The van der Waals surface area contributed by atoms with Crippen molar-refractivity contribution in [3.63, 3.8) is 0 Å². The van der Waals surface area contributed by atoms with Gasteiger partial charge in [0.05, 0.1) is 6.61 Å². The number of halogens is 1. The highest BCUT2D eigenvalue weighted by atomic mass is 35.5. The topological polar surface area (TPSA) is 142 Å². The maximum Gasteiger partial charge on any atom is 0.303 e. The molecule has 0 radical (unpaired) electrons. The molecular formula is C32H38ClNO7S. The van der Waals surface area contributed by atoms with Gasteiger partial charge < -0.3 is 35.4 Å². The standard InChI is InChI=1S/C32H35ClO7S.H3N/c33-25-17-24(23-11-13-29-30(19-23)40-21-39-29)18-26(20-25)41-16-4-2-1-3-7-22-8-5-9-28(27(22)12-14-32(36)37)38-15-6-10-31(34)35;/h5,8-9,11,13,17-20H,1-4,6-7,10,12,14-16,21H2,(H,34,35)(H,36,37);1H3. The van der Waals surface area contributed by atoms with Gasteiger partial charge >= 0.3 is 5.97 Å². The molecule has 10 heteroatoms. The lowest BCUT2D eigenvalue weighted by Crippen LogP contribution is -2.22. The van der Waals surface area contributed by atoms with Gasteiger partial charge in [-0.05, 0) is 103 Å². The Morgan fingerprint density at radius 3 is 2.52 bits per heavy atom. The van der Waals surface area contributed by atoms with E-state index in [0.29, 0.717) is 23.6 Å². The van der Waals surface area contributed by atoms with E-state index < -0.39 is 11.9 Å². The molecule has 0 fully saturated rings. The van der Waals surface area contributed by atoms with E-state index >= 15 is 0 Å². The summed E-state index contributed by atoms with van der Waals surface area (Å²) in [5, 5.41) is 20.6. The van der Waals surface area contributed by atoms with E-state index in [9.17, 15) is 19.8 Å². The molecule has 0 aliphatic carbocycles. The van der Waals surface area contributed by atoms with Crippen LogP contribution in [0.2, 0.25) is 5.02 Å². The van der Waals surface area contributed by atoms with Gasteiger partial charge in [0.1, 0.15) is 5.75 Å². The number of carboxylic acids is 2. The molecule has 3 aromatic rings. The van der Waals surface area contributed by atoms with Crippen LogP contribution >= 0.6 is 23.4 Å².